The van der Waals surface area contributed by atoms with Crippen LogP contribution in [0.15, 0.2) is 11.1 Å². The summed E-state index contributed by atoms with van der Waals surface area (Å²) < 4.78 is 6.45. The highest BCUT2D eigenvalue weighted by atomic mass is 28.4. The van der Waals surface area contributed by atoms with Crippen molar-refractivity contribution in [1.82, 2.24) is 0 Å². The van der Waals surface area contributed by atoms with Crippen LogP contribution in [-0.2, 0) is 9.22 Å². The van der Waals surface area contributed by atoms with Crippen LogP contribution >= 0.6 is 0 Å². The Morgan fingerprint density at radius 3 is 2.43 bits per heavy atom. The molecule has 0 amide bonds. The highest BCUT2D eigenvalue weighted by Crippen LogP contribution is 2.47. The summed E-state index contributed by atoms with van der Waals surface area (Å²) in [4.78, 5) is 12.1. The number of ketones is 1. The summed E-state index contributed by atoms with van der Waals surface area (Å²) in [5.74, 6) is 2.01. The Balaban J connectivity index is 2.12. The van der Waals surface area contributed by atoms with Crippen LogP contribution in [0.25, 0.3) is 0 Å². The normalized spacial score (nSPS) is 30.8. The van der Waals surface area contributed by atoms with Crippen LogP contribution in [-0.4, -0.2) is 20.7 Å². The van der Waals surface area contributed by atoms with Crippen molar-refractivity contribution < 1.29 is 9.22 Å². The molecule has 0 aliphatic heterocycles. The number of hydrogen-bond acceptors (Lipinski definition) is 2. The Labute approximate surface area is 131 Å². The molecule has 1 fully saturated rings. The van der Waals surface area contributed by atoms with Crippen molar-refractivity contribution in [2.24, 2.45) is 17.8 Å². The Bertz CT molecular complexity index is 456. The lowest BCUT2D eigenvalue weighted by molar-refractivity contribution is -0.115. The van der Waals surface area contributed by atoms with Crippen LogP contribution in [0.5, 0.6) is 0 Å². The van der Waals surface area contributed by atoms with Crippen molar-refractivity contribution in [1.29, 1.82) is 0 Å². The van der Waals surface area contributed by atoms with E-state index in [1.165, 1.54) is 18.4 Å². The van der Waals surface area contributed by atoms with E-state index in [4.69, 9.17) is 4.43 Å². The Morgan fingerprint density at radius 1 is 1.24 bits per heavy atom. The number of rotatable bonds is 3. The van der Waals surface area contributed by atoms with Crippen molar-refractivity contribution in [3.05, 3.63) is 11.1 Å². The number of carbonyl (C=O) groups excluding carboxylic acids is 1. The zero-order chi connectivity index (χ0) is 16.0. The van der Waals surface area contributed by atoms with E-state index in [1.807, 2.05) is 6.92 Å². The Hall–Kier alpha value is -0.413. The predicted octanol–water partition coefficient (Wildman–Crippen LogP) is 4.96. The average molecular weight is 309 g/mol. The molecule has 0 bridgehead atoms. The molecule has 0 saturated heterocycles. The quantitative estimate of drug-likeness (QED) is 0.689. The first-order chi connectivity index (χ1) is 9.54. The molecule has 21 heavy (non-hydrogen) atoms. The first-order valence-electron chi connectivity index (χ1n) is 8.42. The van der Waals surface area contributed by atoms with Crippen LogP contribution in [0.4, 0.5) is 0 Å². The maximum atomic E-state index is 12.1. The lowest BCUT2D eigenvalue weighted by Crippen LogP contribution is -2.42. The summed E-state index contributed by atoms with van der Waals surface area (Å²) in [5.41, 5.74) is 2.49. The second-order valence-corrected chi connectivity index (χ2v) is 13.4. The minimum atomic E-state index is -1.70. The molecule has 0 N–H and O–H groups in total. The van der Waals surface area contributed by atoms with Crippen molar-refractivity contribution >= 4 is 14.1 Å². The molecule has 0 unspecified atom stereocenters. The molecule has 120 valence electrons. The molecule has 2 aliphatic carbocycles. The van der Waals surface area contributed by atoms with Gasteiger partial charge >= 0.3 is 0 Å². The fourth-order valence-electron chi connectivity index (χ4n) is 3.54. The van der Waals surface area contributed by atoms with Crippen molar-refractivity contribution in [3.8, 4) is 0 Å². The molecule has 0 aromatic rings. The minimum absolute atomic E-state index is 0.253. The van der Waals surface area contributed by atoms with E-state index < -0.39 is 8.32 Å². The van der Waals surface area contributed by atoms with Gasteiger partial charge in [-0.05, 0) is 55.3 Å². The standard InChI is InChI=1S/C18H32O2Si/c1-12-8-9-14(11-20-21(6,7)18(3,4)5)17-13(2)16(19)10-15(12)17/h12,14-15H,8-11H2,1-7H3/t12-,14+,15-/m1/s1. The van der Waals surface area contributed by atoms with E-state index in [-0.39, 0.29) is 5.04 Å². The number of Topliss-reactive ketones (excluding diaryl/α,β-unsaturated/α-hetero) is 1. The second-order valence-electron chi connectivity index (χ2n) is 8.64. The van der Waals surface area contributed by atoms with Crippen molar-refractivity contribution in [2.45, 2.75) is 72.0 Å². The topological polar surface area (TPSA) is 26.3 Å². The largest absolute Gasteiger partial charge is 0.416 e. The highest BCUT2D eigenvalue weighted by Gasteiger charge is 2.42. The first kappa shape index (κ1) is 16.9. The molecule has 2 nitrogen and oxygen atoms in total. The van der Waals surface area contributed by atoms with Crippen LogP contribution in [0.3, 0.4) is 0 Å². The van der Waals surface area contributed by atoms with Gasteiger partial charge in [-0.25, -0.2) is 0 Å². The zero-order valence-electron chi connectivity index (χ0n) is 14.9. The highest BCUT2D eigenvalue weighted by molar-refractivity contribution is 6.74. The molecule has 2 aliphatic rings. The molecule has 0 heterocycles. The molecule has 0 aromatic carbocycles. The smallest absolute Gasteiger partial charge is 0.192 e. The van der Waals surface area contributed by atoms with Gasteiger partial charge in [-0.3, -0.25) is 4.79 Å². The van der Waals surface area contributed by atoms with E-state index in [1.54, 1.807) is 0 Å². The van der Waals surface area contributed by atoms with Gasteiger partial charge in [0.25, 0.3) is 0 Å². The van der Waals surface area contributed by atoms with E-state index in [0.29, 0.717) is 23.5 Å². The third-order valence-electron chi connectivity index (χ3n) is 6.20. The summed E-state index contributed by atoms with van der Waals surface area (Å²) in [5, 5.41) is 0.253. The fraction of sp³-hybridized carbons (Fsp3) is 0.833. The Kier molecular flexibility index (Phi) is 4.57. The van der Waals surface area contributed by atoms with E-state index in [9.17, 15) is 4.79 Å². The van der Waals surface area contributed by atoms with Gasteiger partial charge < -0.3 is 4.43 Å². The number of carbonyl (C=O) groups is 1. The zero-order valence-corrected chi connectivity index (χ0v) is 15.9. The molecule has 0 radical (unpaired) electrons. The molecule has 0 aromatic heterocycles. The van der Waals surface area contributed by atoms with Gasteiger partial charge in [0, 0.05) is 18.9 Å². The van der Waals surface area contributed by atoms with Gasteiger partial charge in [0.2, 0.25) is 0 Å². The number of hydrogen-bond donors (Lipinski definition) is 0. The average Bonchev–Trinajstić information content (AvgIpc) is 2.65. The summed E-state index contributed by atoms with van der Waals surface area (Å²) >= 11 is 0. The van der Waals surface area contributed by atoms with E-state index in [2.05, 4.69) is 40.8 Å². The van der Waals surface area contributed by atoms with Gasteiger partial charge in [0.1, 0.15) is 0 Å². The van der Waals surface area contributed by atoms with E-state index in [0.717, 1.165) is 18.6 Å². The van der Waals surface area contributed by atoms with Crippen molar-refractivity contribution in [2.75, 3.05) is 6.61 Å². The number of fused-ring (bicyclic) bond motifs is 1. The van der Waals surface area contributed by atoms with Crippen LogP contribution < -0.4 is 0 Å². The fourth-order valence-corrected chi connectivity index (χ4v) is 4.59. The maximum Gasteiger partial charge on any atom is 0.192 e. The minimum Gasteiger partial charge on any atom is -0.416 e. The maximum absolute atomic E-state index is 12.1. The summed E-state index contributed by atoms with van der Waals surface area (Å²) in [6.07, 6.45) is 3.17. The van der Waals surface area contributed by atoms with Crippen LogP contribution in [0.2, 0.25) is 18.1 Å². The van der Waals surface area contributed by atoms with Gasteiger partial charge in [-0.2, -0.15) is 0 Å². The molecular weight excluding hydrogens is 276 g/mol. The van der Waals surface area contributed by atoms with Gasteiger partial charge in [-0.1, -0.05) is 33.3 Å². The summed E-state index contributed by atoms with van der Waals surface area (Å²) in [7, 11) is -1.70. The molecule has 1 saturated carbocycles. The lowest BCUT2D eigenvalue weighted by Gasteiger charge is -2.40. The second kappa shape index (κ2) is 5.66. The first-order valence-corrected chi connectivity index (χ1v) is 11.3. The van der Waals surface area contributed by atoms with Crippen molar-refractivity contribution in [3.63, 3.8) is 0 Å². The summed E-state index contributed by atoms with van der Waals surface area (Å²) in [6, 6.07) is 0. The van der Waals surface area contributed by atoms with Gasteiger partial charge in [0.05, 0.1) is 0 Å². The predicted molar refractivity (Wildman–Crippen MR) is 90.9 cm³/mol. The Morgan fingerprint density at radius 2 is 1.86 bits per heavy atom. The monoisotopic (exact) mass is 308 g/mol. The number of allylic oxidation sites excluding steroid dienone is 1. The van der Waals surface area contributed by atoms with Gasteiger partial charge in [-0.15, -0.1) is 0 Å². The molecule has 3 heteroatoms. The third kappa shape index (κ3) is 3.19. The third-order valence-corrected chi connectivity index (χ3v) is 10.7. The van der Waals surface area contributed by atoms with E-state index >= 15 is 0 Å². The van der Waals surface area contributed by atoms with Crippen LogP contribution in [0, 0.1) is 17.8 Å². The molecule has 2 rings (SSSR count). The van der Waals surface area contributed by atoms with Gasteiger partial charge in [0.15, 0.2) is 14.1 Å². The lowest BCUT2D eigenvalue weighted by atomic mass is 9.72. The molecular formula is C18H32O2Si. The van der Waals surface area contributed by atoms with Crippen LogP contribution in [0.1, 0.15) is 53.9 Å². The SMILES string of the molecule is CC1=C2[C@H](CO[Si](C)(C)C(C)(C)C)CC[C@@H](C)[C@H]2CC1=O. The molecule has 0 spiro atoms. The summed E-state index contributed by atoms with van der Waals surface area (Å²) in [6.45, 7) is 16.7. The molecule has 3 atom stereocenters.